The fourth-order valence-electron chi connectivity index (χ4n) is 1.61. The van der Waals surface area contributed by atoms with Gasteiger partial charge in [-0.25, -0.2) is 4.79 Å². The Labute approximate surface area is 99.9 Å². The molecule has 0 unspecified atom stereocenters. The summed E-state index contributed by atoms with van der Waals surface area (Å²) in [7, 11) is 1.62. The number of carboxylic acids is 1. The number of methoxy groups -OCH3 is 1. The van der Waals surface area contributed by atoms with Gasteiger partial charge in [0.2, 0.25) is 0 Å². The Balaban J connectivity index is 2.38. The molecule has 1 aliphatic rings. The first-order valence-electron chi connectivity index (χ1n) is 5.30. The van der Waals surface area contributed by atoms with E-state index in [1.807, 2.05) is 0 Å². The van der Waals surface area contributed by atoms with E-state index in [9.17, 15) is 9.59 Å². The second kappa shape index (κ2) is 6.11. The summed E-state index contributed by atoms with van der Waals surface area (Å²) in [5.41, 5.74) is 0. The molecule has 94 valence electrons. The Morgan fingerprint density at radius 3 is 2.71 bits per heavy atom. The number of terminal acetylenes is 1. The molecule has 6 nitrogen and oxygen atoms in total. The summed E-state index contributed by atoms with van der Waals surface area (Å²) in [6, 6.07) is -0.397. The molecule has 1 fully saturated rings. The summed E-state index contributed by atoms with van der Waals surface area (Å²) in [6.07, 6.45) is 6.76. The summed E-state index contributed by atoms with van der Waals surface area (Å²) in [5, 5.41) is 11.4. The van der Waals surface area contributed by atoms with Crippen LogP contribution in [-0.4, -0.2) is 54.4 Å². The first-order valence-corrected chi connectivity index (χ1v) is 5.30. The van der Waals surface area contributed by atoms with Crippen molar-refractivity contribution in [2.75, 3.05) is 20.2 Å². The van der Waals surface area contributed by atoms with Crippen LogP contribution in [-0.2, 0) is 9.53 Å². The maximum absolute atomic E-state index is 11.7. The fraction of sp³-hybridized carbons (Fsp3) is 0.636. The standard InChI is InChI=1S/C11H16N2O4/c1-3-4-13(7-10(14)15)11(16)12-8-5-9(6-8)17-2/h1,8-9H,4-7H2,2H3,(H,12,16)(H,14,15). The van der Waals surface area contributed by atoms with Gasteiger partial charge in [0.1, 0.15) is 6.54 Å². The zero-order valence-corrected chi connectivity index (χ0v) is 9.68. The van der Waals surface area contributed by atoms with Crippen LogP contribution in [0.1, 0.15) is 12.8 Å². The van der Waals surface area contributed by atoms with E-state index < -0.39 is 18.5 Å². The molecule has 0 aromatic carbocycles. The van der Waals surface area contributed by atoms with Gasteiger partial charge in [-0.1, -0.05) is 5.92 Å². The van der Waals surface area contributed by atoms with Crippen LogP contribution in [0.4, 0.5) is 4.79 Å². The Bertz CT molecular complexity index is 331. The van der Waals surface area contributed by atoms with E-state index in [1.54, 1.807) is 7.11 Å². The maximum atomic E-state index is 11.7. The minimum atomic E-state index is -1.08. The molecule has 0 aliphatic heterocycles. The number of nitrogens with one attached hydrogen (secondary N) is 1. The molecule has 0 aromatic rings. The van der Waals surface area contributed by atoms with Gasteiger partial charge in [-0.05, 0) is 12.8 Å². The van der Waals surface area contributed by atoms with Crippen molar-refractivity contribution in [2.24, 2.45) is 0 Å². The third kappa shape index (κ3) is 3.96. The molecule has 2 amide bonds. The molecule has 0 aromatic heterocycles. The van der Waals surface area contributed by atoms with Crippen molar-refractivity contribution in [1.82, 2.24) is 10.2 Å². The van der Waals surface area contributed by atoms with Crippen LogP contribution in [0.5, 0.6) is 0 Å². The largest absolute Gasteiger partial charge is 0.480 e. The molecular formula is C11H16N2O4. The average Bonchev–Trinajstić information content (AvgIpc) is 2.21. The summed E-state index contributed by atoms with van der Waals surface area (Å²) in [6.45, 7) is -0.408. The van der Waals surface area contributed by atoms with Crippen LogP contribution in [0, 0.1) is 12.3 Å². The summed E-state index contributed by atoms with van der Waals surface area (Å²) in [4.78, 5) is 23.3. The number of hydrogen-bond acceptors (Lipinski definition) is 3. The van der Waals surface area contributed by atoms with Crippen LogP contribution < -0.4 is 5.32 Å². The number of aliphatic carboxylic acids is 1. The van der Waals surface area contributed by atoms with E-state index in [4.69, 9.17) is 16.3 Å². The number of ether oxygens (including phenoxy) is 1. The van der Waals surface area contributed by atoms with Gasteiger partial charge >= 0.3 is 12.0 Å². The fourth-order valence-corrected chi connectivity index (χ4v) is 1.61. The van der Waals surface area contributed by atoms with Gasteiger partial charge in [0.25, 0.3) is 0 Å². The molecule has 0 heterocycles. The van der Waals surface area contributed by atoms with Gasteiger partial charge in [0.05, 0.1) is 12.6 Å². The Morgan fingerprint density at radius 1 is 1.59 bits per heavy atom. The van der Waals surface area contributed by atoms with Crippen LogP contribution in [0.2, 0.25) is 0 Å². The Morgan fingerprint density at radius 2 is 2.24 bits per heavy atom. The zero-order valence-electron chi connectivity index (χ0n) is 9.68. The Hall–Kier alpha value is -1.74. The number of nitrogens with zero attached hydrogens (tertiary/aromatic N) is 1. The van der Waals surface area contributed by atoms with Crippen LogP contribution in [0.3, 0.4) is 0 Å². The molecule has 0 bridgehead atoms. The maximum Gasteiger partial charge on any atom is 0.323 e. The lowest BCUT2D eigenvalue weighted by Gasteiger charge is -2.35. The molecule has 0 saturated heterocycles. The van der Waals surface area contributed by atoms with Crippen LogP contribution in [0.25, 0.3) is 0 Å². The van der Waals surface area contributed by atoms with Crippen molar-refractivity contribution in [1.29, 1.82) is 0 Å². The number of amides is 2. The van der Waals surface area contributed by atoms with E-state index >= 15 is 0 Å². The highest BCUT2D eigenvalue weighted by Gasteiger charge is 2.31. The van der Waals surface area contributed by atoms with Crippen molar-refractivity contribution in [2.45, 2.75) is 25.0 Å². The number of hydrogen-bond donors (Lipinski definition) is 2. The molecule has 17 heavy (non-hydrogen) atoms. The van der Waals surface area contributed by atoms with Gasteiger partial charge in [0.15, 0.2) is 0 Å². The third-order valence-corrected chi connectivity index (χ3v) is 2.65. The first-order chi connectivity index (χ1) is 8.06. The van der Waals surface area contributed by atoms with Crippen molar-refractivity contribution >= 4 is 12.0 Å². The zero-order chi connectivity index (χ0) is 12.8. The van der Waals surface area contributed by atoms with Crippen molar-refractivity contribution < 1.29 is 19.4 Å². The highest BCUT2D eigenvalue weighted by atomic mass is 16.5. The number of carbonyl (C=O) groups is 2. The van der Waals surface area contributed by atoms with E-state index in [1.165, 1.54) is 0 Å². The SMILES string of the molecule is C#CCN(CC(=O)O)C(=O)NC1CC(OC)C1. The number of carboxylic acid groups (broad SMARTS) is 1. The lowest BCUT2D eigenvalue weighted by atomic mass is 9.89. The van der Waals surface area contributed by atoms with Crippen molar-refractivity contribution in [3.8, 4) is 12.3 Å². The topological polar surface area (TPSA) is 78.9 Å². The van der Waals surface area contributed by atoms with Gasteiger partial charge in [-0.15, -0.1) is 6.42 Å². The Kier molecular flexibility index (Phi) is 4.79. The van der Waals surface area contributed by atoms with Gasteiger partial charge in [-0.2, -0.15) is 0 Å². The monoisotopic (exact) mass is 240 g/mol. The van der Waals surface area contributed by atoms with Gasteiger partial charge < -0.3 is 20.1 Å². The van der Waals surface area contributed by atoms with Crippen molar-refractivity contribution in [3.63, 3.8) is 0 Å². The molecule has 1 saturated carbocycles. The molecule has 1 rings (SSSR count). The summed E-state index contributed by atoms with van der Waals surface area (Å²) >= 11 is 0. The van der Waals surface area contributed by atoms with E-state index in [0.29, 0.717) is 0 Å². The van der Waals surface area contributed by atoms with Crippen molar-refractivity contribution in [3.05, 3.63) is 0 Å². The normalized spacial score (nSPS) is 22.1. The smallest absolute Gasteiger partial charge is 0.323 e. The highest BCUT2D eigenvalue weighted by Crippen LogP contribution is 2.22. The molecule has 0 radical (unpaired) electrons. The quantitative estimate of drug-likeness (QED) is 0.657. The first kappa shape index (κ1) is 13.3. The van der Waals surface area contributed by atoms with Gasteiger partial charge in [-0.3, -0.25) is 4.79 Å². The second-order valence-corrected chi connectivity index (χ2v) is 3.93. The molecule has 0 spiro atoms. The minimum absolute atomic E-state index is 0.0153. The number of rotatable bonds is 5. The predicted octanol–water partition coefficient (Wildman–Crippen LogP) is -0.107. The summed E-state index contributed by atoms with van der Waals surface area (Å²) in [5.74, 6) is 1.18. The molecule has 2 N–H and O–H groups in total. The van der Waals surface area contributed by atoms with E-state index in [-0.39, 0.29) is 18.7 Å². The summed E-state index contributed by atoms with van der Waals surface area (Å²) < 4.78 is 5.08. The lowest BCUT2D eigenvalue weighted by molar-refractivity contribution is -0.137. The van der Waals surface area contributed by atoms with Gasteiger partial charge in [0, 0.05) is 13.2 Å². The highest BCUT2D eigenvalue weighted by molar-refractivity contribution is 5.80. The lowest BCUT2D eigenvalue weighted by Crippen LogP contribution is -2.52. The van der Waals surface area contributed by atoms with Crippen LogP contribution >= 0.6 is 0 Å². The van der Waals surface area contributed by atoms with E-state index in [2.05, 4.69) is 11.2 Å². The second-order valence-electron chi connectivity index (χ2n) is 3.93. The number of carbonyl (C=O) groups excluding carboxylic acids is 1. The molecule has 6 heteroatoms. The molecular weight excluding hydrogens is 224 g/mol. The average molecular weight is 240 g/mol. The molecule has 1 aliphatic carbocycles. The van der Waals surface area contributed by atoms with E-state index in [0.717, 1.165) is 17.7 Å². The minimum Gasteiger partial charge on any atom is -0.480 e. The number of urea groups is 1. The predicted molar refractivity (Wildman–Crippen MR) is 60.4 cm³/mol. The third-order valence-electron chi connectivity index (χ3n) is 2.65. The van der Waals surface area contributed by atoms with Crippen LogP contribution in [0.15, 0.2) is 0 Å². The molecule has 0 atom stereocenters.